The number of ether oxygens (including phenoxy) is 2. The molecule has 0 bridgehead atoms. The topological polar surface area (TPSA) is 81.7 Å². The monoisotopic (exact) mass is 377 g/mol. The van der Waals surface area contributed by atoms with Crippen LogP contribution in [0.4, 0.5) is 0 Å². The summed E-state index contributed by atoms with van der Waals surface area (Å²) in [5.74, 6) is 0.347. The molecule has 2 aromatic carbocycles. The molecule has 2 aromatic rings. The van der Waals surface area contributed by atoms with Crippen molar-refractivity contribution >= 4 is 16.0 Å². The van der Waals surface area contributed by atoms with Gasteiger partial charge < -0.3 is 9.47 Å². The van der Waals surface area contributed by atoms with Gasteiger partial charge in [0.2, 0.25) is 10.0 Å². The van der Waals surface area contributed by atoms with Gasteiger partial charge in [0.25, 0.3) is 0 Å². The van der Waals surface area contributed by atoms with Gasteiger partial charge in [-0.3, -0.25) is 4.79 Å². The molecule has 26 heavy (non-hydrogen) atoms. The molecule has 0 aromatic heterocycles. The molecular formula is C19H23NO5S. The van der Waals surface area contributed by atoms with Crippen LogP contribution in [0.15, 0.2) is 53.4 Å². The van der Waals surface area contributed by atoms with E-state index >= 15 is 0 Å². The Hall–Kier alpha value is -2.38. The quantitative estimate of drug-likeness (QED) is 0.678. The van der Waals surface area contributed by atoms with Crippen LogP contribution in [0, 0.1) is 0 Å². The Balaban J connectivity index is 1.87. The van der Waals surface area contributed by atoms with E-state index in [1.54, 1.807) is 19.1 Å². The molecule has 0 saturated heterocycles. The van der Waals surface area contributed by atoms with Crippen LogP contribution < -0.4 is 9.46 Å². The van der Waals surface area contributed by atoms with E-state index in [0.29, 0.717) is 18.8 Å². The molecule has 0 aliphatic carbocycles. The zero-order chi connectivity index (χ0) is 19.0. The molecule has 0 radical (unpaired) electrons. The van der Waals surface area contributed by atoms with E-state index in [1.807, 2.05) is 24.3 Å². The van der Waals surface area contributed by atoms with Crippen molar-refractivity contribution in [3.63, 3.8) is 0 Å². The third kappa shape index (κ3) is 5.86. The number of sulfonamides is 1. The maximum absolute atomic E-state index is 12.3. The van der Waals surface area contributed by atoms with Crippen LogP contribution >= 0.6 is 0 Å². The van der Waals surface area contributed by atoms with Crippen molar-refractivity contribution in [3.8, 4) is 5.75 Å². The van der Waals surface area contributed by atoms with Crippen LogP contribution in [0.1, 0.15) is 18.1 Å². The van der Waals surface area contributed by atoms with Crippen LogP contribution in [0.5, 0.6) is 5.75 Å². The predicted molar refractivity (Wildman–Crippen MR) is 98.7 cm³/mol. The Kier molecular flexibility index (Phi) is 7.17. The molecule has 7 heteroatoms. The number of hydrogen-bond acceptors (Lipinski definition) is 5. The first kappa shape index (κ1) is 19.9. The van der Waals surface area contributed by atoms with Gasteiger partial charge in [0.1, 0.15) is 5.75 Å². The number of carbonyl (C=O) groups excluding carboxylic acids is 1. The van der Waals surface area contributed by atoms with Crippen molar-refractivity contribution in [1.82, 2.24) is 4.72 Å². The van der Waals surface area contributed by atoms with Gasteiger partial charge in [-0.15, -0.1) is 0 Å². The molecule has 0 atom stereocenters. The first-order chi connectivity index (χ1) is 12.4. The van der Waals surface area contributed by atoms with Gasteiger partial charge in [-0.25, -0.2) is 13.1 Å². The third-order valence-corrected chi connectivity index (χ3v) is 5.23. The minimum absolute atomic E-state index is 0.197. The van der Waals surface area contributed by atoms with Crippen LogP contribution in [0.2, 0.25) is 0 Å². The number of rotatable bonds is 9. The number of carbonyl (C=O) groups is 1. The second kappa shape index (κ2) is 9.35. The summed E-state index contributed by atoms with van der Waals surface area (Å²) in [4.78, 5) is 11.6. The predicted octanol–water partition coefficient (Wildman–Crippen LogP) is 2.32. The van der Waals surface area contributed by atoms with E-state index in [-0.39, 0.29) is 23.8 Å². The number of hydrogen-bond donors (Lipinski definition) is 1. The highest BCUT2D eigenvalue weighted by molar-refractivity contribution is 7.89. The largest absolute Gasteiger partial charge is 0.497 e. The summed E-state index contributed by atoms with van der Waals surface area (Å²) in [7, 11) is -2.02. The lowest BCUT2D eigenvalue weighted by molar-refractivity contribution is -0.142. The molecule has 0 saturated carbocycles. The summed E-state index contributed by atoms with van der Waals surface area (Å²) in [5.41, 5.74) is 1.85. The number of nitrogens with one attached hydrogen (secondary N) is 1. The summed E-state index contributed by atoms with van der Waals surface area (Å²) in [6.07, 6.45) is 0.785. The second-order valence-corrected chi connectivity index (χ2v) is 7.39. The molecule has 6 nitrogen and oxygen atoms in total. The average Bonchev–Trinajstić information content (AvgIpc) is 2.63. The van der Waals surface area contributed by atoms with Crippen molar-refractivity contribution in [2.75, 3.05) is 20.3 Å². The maximum Gasteiger partial charge on any atom is 0.310 e. The average molecular weight is 377 g/mol. The van der Waals surface area contributed by atoms with E-state index in [1.165, 1.54) is 19.2 Å². The first-order valence-corrected chi connectivity index (χ1v) is 9.80. The normalized spacial score (nSPS) is 11.2. The fourth-order valence-electron chi connectivity index (χ4n) is 2.37. The maximum atomic E-state index is 12.3. The van der Waals surface area contributed by atoms with Gasteiger partial charge >= 0.3 is 5.97 Å². The van der Waals surface area contributed by atoms with Crippen molar-refractivity contribution < 1.29 is 22.7 Å². The lowest BCUT2D eigenvalue weighted by Crippen LogP contribution is -2.25. The van der Waals surface area contributed by atoms with Crippen molar-refractivity contribution in [2.45, 2.75) is 24.7 Å². The first-order valence-electron chi connectivity index (χ1n) is 8.31. The third-order valence-electron chi connectivity index (χ3n) is 3.75. The SMILES string of the molecule is CCOC(=O)Cc1ccc(CCNS(=O)(=O)c2ccc(OC)cc2)cc1. The van der Waals surface area contributed by atoms with Gasteiger partial charge in [-0.1, -0.05) is 24.3 Å². The Bertz CT molecular complexity index is 814. The summed E-state index contributed by atoms with van der Waals surface area (Å²) in [5, 5.41) is 0. The molecule has 0 amide bonds. The fraction of sp³-hybridized carbons (Fsp3) is 0.316. The smallest absolute Gasteiger partial charge is 0.310 e. The summed E-state index contributed by atoms with van der Waals surface area (Å²) in [6, 6.07) is 13.7. The molecule has 0 spiro atoms. The van der Waals surface area contributed by atoms with Crippen LogP contribution in [0.3, 0.4) is 0 Å². The molecular weight excluding hydrogens is 354 g/mol. The van der Waals surface area contributed by atoms with Crippen molar-refractivity contribution in [1.29, 1.82) is 0 Å². The Labute approximate surface area is 154 Å². The highest BCUT2D eigenvalue weighted by Crippen LogP contribution is 2.15. The molecule has 0 aliphatic rings. The molecule has 2 rings (SSSR count). The van der Waals surface area contributed by atoms with Crippen LogP contribution in [-0.2, 0) is 32.4 Å². The van der Waals surface area contributed by atoms with E-state index < -0.39 is 10.0 Å². The van der Waals surface area contributed by atoms with Crippen LogP contribution in [0.25, 0.3) is 0 Å². The summed E-state index contributed by atoms with van der Waals surface area (Å²) < 4.78 is 37.0. The van der Waals surface area contributed by atoms with Gasteiger partial charge in [0, 0.05) is 6.54 Å². The standard InChI is InChI=1S/C19H23NO5S/c1-3-25-19(21)14-16-6-4-15(5-7-16)12-13-20-26(22,23)18-10-8-17(24-2)9-11-18/h4-11,20H,3,12-14H2,1-2H3. The summed E-state index contributed by atoms with van der Waals surface area (Å²) in [6.45, 7) is 2.42. The zero-order valence-corrected chi connectivity index (χ0v) is 15.7. The Morgan fingerprint density at radius 1 is 1.00 bits per heavy atom. The molecule has 0 heterocycles. The highest BCUT2D eigenvalue weighted by Gasteiger charge is 2.13. The van der Waals surface area contributed by atoms with Crippen molar-refractivity contribution in [2.24, 2.45) is 0 Å². The van der Waals surface area contributed by atoms with E-state index in [4.69, 9.17) is 9.47 Å². The minimum atomic E-state index is -3.55. The lowest BCUT2D eigenvalue weighted by atomic mass is 10.1. The van der Waals surface area contributed by atoms with E-state index in [0.717, 1.165) is 11.1 Å². The number of esters is 1. The molecule has 1 N–H and O–H groups in total. The van der Waals surface area contributed by atoms with Gasteiger partial charge in [-0.05, 0) is 48.7 Å². The van der Waals surface area contributed by atoms with Crippen molar-refractivity contribution in [3.05, 3.63) is 59.7 Å². The lowest BCUT2D eigenvalue weighted by Gasteiger charge is -2.08. The van der Waals surface area contributed by atoms with E-state index in [2.05, 4.69) is 4.72 Å². The molecule has 0 unspecified atom stereocenters. The van der Waals surface area contributed by atoms with E-state index in [9.17, 15) is 13.2 Å². The van der Waals surface area contributed by atoms with Gasteiger partial charge in [-0.2, -0.15) is 0 Å². The molecule has 140 valence electrons. The number of benzene rings is 2. The molecule has 0 fully saturated rings. The number of methoxy groups -OCH3 is 1. The highest BCUT2D eigenvalue weighted by atomic mass is 32.2. The van der Waals surface area contributed by atoms with Crippen LogP contribution in [-0.4, -0.2) is 34.6 Å². The Morgan fingerprint density at radius 2 is 1.62 bits per heavy atom. The zero-order valence-electron chi connectivity index (χ0n) is 14.9. The molecule has 0 aliphatic heterocycles. The minimum Gasteiger partial charge on any atom is -0.497 e. The van der Waals surface area contributed by atoms with Gasteiger partial charge in [0.05, 0.1) is 25.0 Å². The Morgan fingerprint density at radius 3 is 2.19 bits per heavy atom. The summed E-state index contributed by atoms with van der Waals surface area (Å²) >= 11 is 0. The second-order valence-electron chi connectivity index (χ2n) is 5.62. The van der Waals surface area contributed by atoms with Gasteiger partial charge in [0.15, 0.2) is 0 Å². The fourth-order valence-corrected chi connectivity index (χ4v) is 3.40.